The van der Waals surface area contributed by atoms with E-state index < -0.39 is 41.9 Å². The number of benzene rings is 1. The molecule has 0 aliphatic heterocycles. The Morgan fingerprint density at radius 2 is 1.89 bits per heavy atom. The van der Waals surface area contributed by atoms with Crippen molar-refractivity contribution in [3.63, 3.8) is 0 Å². The predicted octanol–water partition coefficient (Wildman–Crippen LogP) is 0.746. The average Bonchev–Trinajstić information content (AvgIpc) is 2.34. The number of aliphatic hydroxyl groups excluding tert-OH is 2. The minimum atomic E-state index is -1.33. The molecule has 0 heterocycles. The first-order valence-electron chi connectivity index (χ1n) is 5.33. The Kier molecular flexibility index (Phi) is 4.37. The fraction of sp³-hybridized carbons (Fsp3) is 0.417. The van der Waals surface area contributed by atoms with Gasteiger partial charge in [-0.25, -0.2) is 8.78 Å². The maximum Gasteiger partial charge on any atom is 0.257 e. The molecular weight excluding hydrogens is 244 g/mol. The lowest BCUT2D eigenvalue weighted by atomic mass is 10.0. The predicted molar refractivity (Wildman–Crippen MR) is 61.1 cm³/mol. The molecule has 0 radical (unpaired) electrons. The number of hydrogen-bond acceptors (Lipinski definition) is 3. The highest BCUT2D eigenvalue weighted by Gasteiger charge is 2.28. The second-order valence-electron chi connectivity index (χ2n) is 4.38. The first-order valence-corrected chi connectivity index (χ1v) is 5.33. The summed E-state index contributed by atoms with van der Waals surface area (Å²) in [5.41, 5.74) is -1.92. The van der Waals surface area contributed by atoms with Crippen molar-refractivity contribution in [3.05, 3.63) is 34.9 Å². The lowest BCUT2D eigenvalue weighted by Gasteiger charge is -2.26. The van der Waals surface area contributed by atoms with E-state index in [-0.39, 0.29) is 5.56 Å². The van der Waals surface area contributed by atoms with Gasteiger partial charge in [-0.3, -0.25) is 4.79 Å². The zero-order valence-corrected chi connectivity index (χ0v) is 10.1. The molecule has 0 unspecified atom stereocenters. The van der Waals surface area contributed by atoms with Gasteiger partial charge in [0.2, 0.25) is 0 Å². The molecule has 0 aliphatic carbocycles. The van der Waals surface area contributed by atoms with Gasteiger partial charge in [0, 0.05) is 0 Å². The molecule has 0 aromatic heterocycles. The van der Waals surface area contributed by atoms with E-state index in [0.29, 0.717) is 0 Å². The van der Waals surface area contributed by atoms with Gasteiger partial charge in [0.15, 0.2) is 0 Å². The summed E-state index contributed by atoms with van der Waals surface area (Å²) in [6.45, 7) is 1.66. The summed E-state index contributed by atoms with van der Waals surface area (Å²) in [6, 6.07) is 2.21. The number of aryl methyl sites for hydroxylation is 1. The minimum Gasteiger partial charge on any atom is -0.394 e. The summed E-state index contributed by atoms with van der Waals surface area (Å²) in [5.74, 6) is -2.96. The number of aliphatic hydroxyl groups is 2. The minimum absolute atomic E-state index is 0.135. The SMILES string of the molecule is Cc1ccc(F)c(C(=O)NC(C)(CO)CO)c1F. The van der Waals surface area contributed by atoms with E-state index in [4.69, 9.17) is 10.2 Å². The van der Waals surface area contributed by atoms with Crippen molar-refractivity contribution >= 4 is 5.91 Å². The van der Waals surface area contributed by atoms with Crippen LogP contribution in [-0.2, 0) is 0 Å². The van der Waals surface area contributed by atoms with Crippen molar-refractivity contribution in [2.24, 2.45) is 0 Å². The Hall–Kier alpha value is -1.53. The molecular formula is C12H15F2NO3. The van der Waals surface area contributed by atoms with Crippen molar-refractivity contribution in [3.8, 4) is 0 Å². The van der Waals surface area contributed by atoms with Crippen LogP contribution in [0.2, 0.25) is 0 Å². The Bertz CT molecular complexity index is 459. The highest BCUT2D eigenvalue weighted by molar-refractivity contribution is 5.95. The third-order valence-corrected chi connectivity index (χ3v) is 2.62. The lowest BCUT2D eigenvalue weighted by Crippen LogP contribution is -2.52. The zero-order chi connectivity index (χ0) is 13.9. The van der Waals surface area contributed by atoms with Gasteiger partial charge in [0.25, 0.3) is 5.91 Å². The molecule has 18 heavy (non-hydrogen) atoms. The molecule has 3 N–H and O–H groups in total. The van der Waals surface area contributed by atoms with Crippen LogP contribution < -0.4 is 5.32 Å². The summed E-state index contributed by atoms with van der Waals surface area (Å²) in [4.78, 5) is 11.8. The average molecular weight is 259 g/mol. The van der Waals surface area contributed by atoms with Crippen molar-refractivity contribution in [1.29, 1.82) is 0 Å². The number of carbonyl (C=O) groups excluding carboxylic acids is 1. The Morgan fingerprint density at radius 1 is 1.33 bits per heavy atom. The van der Waals surface area contributed by atoms with Gasteiger partial charge in [0.05, 0.1) is 18.8 Å². The molecule has 0 atom stereocenters. The van der Waals surface area contributed by atoms with Crippen molar-refractivity contribution in [2.45, 2.75) is 19.4 Å². The Labute approximate surface area is 103 Å². The van der Waals surface area contributed by atoms with E-state index in [9.17, 15) is 13.6 Å². The fourth-order valence-electron chi connectivity index (χ4n) is 1.33. The Morgan fingerprint density at radius 3 is 2.39 bits per heavy atom. The fourth-order valence-corrected chi connectivity index (χ4v) is 1.33. The van der Waals surface area contributed by atoms with E-state index in [0.717, 1.165) is 6.07 Å². The quantitative estimate of drug-likeness (QED) is 0.747. The van der Waals surface area contributed by atoms with E-state index >= 15 is 0 Å². The summed E-state index contributed by atoms with van der Waals surface area (Å²) in [6.07, 6.45) is 0. The van der Waals surface area contributed by atoms with Crippen molar-refractivity contribution in [1.82, 2.24) is 5.32 Å². The van der Waals surface area contributed by atoms with Crippen LogP contribution in [0.5, 0.6) is 0 Å². The van der Waals surface area contributed by atoms with E-state index in [1.54, 1.807) is 0 Å². The van der Waals surface area contributed by atoms with Crippen LogP contribution in [0, 0.1) is 18.6 Å². The van der Waals surface area contributed by atoms with Crippen LogP contribution in [0.25, 0.3) is 0 Å². The van der Waals surface area contributed by atoms with Crippen LogP contribution in [-0.4, -0.2) is 34.9 Å². The molecule has 0 saturated heterocycles. The topological polar surface area (TPSA) is 69.6 Å². The van der Waals surface area contributed by atoms with Gasteiger partial charge >= 0.3 is 0 Å². The third-order valence-electron chi connectivity index (χ3n) is 2.62. The molecule has 0 saturated carbocycles. The molecule has 100 valence electrons. The van der Waals surface area contributed by atoms with Crippen molar-refractivity contribution < 1.29 is 23.8 Å². The van der Waals surface area contributed by atoms with Crippen LogP contribution in [0.4, 0.5) is 8.78 Å². The van der Waals surface area contributed by atoms with Crippen LogP contribution in [0.3, 0.4) is 0 Å². The molecule has 4 nitrogen and oxygen atoms in total. The summed E-state index contributed by atoms with van der Waals surface area (Å²) >= 11 is 0. The second kappa shape index (κ2) is 5.41. The molecule has 1 aromatic rings. The highest BCUT2D eigenvalue weighted by Crippen LogP contribution is 2.17. The molecule has 1 aromatic carbocycles. The van der Waals surface area contributed by atoms with Gasteiger partial charge in [0.1, 0.15) is 17.2 Å². The monoisotopic (exact) mass is 259 g/mol. The third kappa shape index (κ3) is 2.83. The summed E-state index contributed by atoms with van der Waals surface area (Å²) in [7, 11) is 0. The van der Waals surface area contributed by atoms with Crippen LogP contribution >= 0.6 is 0 Å². The smallest absolute Gasteiger partial charge is 0.257 e. The molecule has 0 fully saturated rings. The first-order chi connectivity index (χ1) is 8.34. The molecule has 1 rings (SSSR count). The van der Waals surface area contributed by atoms with E-state index in [1.807, 2.05) is 0 Å². The molecule has 0 aliphatic rings. The number of hydrogen-bond donors (Lipinski definition) is 3. The highest BCUT2D eigenvalue weighted by atomic mass is 19.1. The first kappa shape index (κ1) is 14.5. The van der Waals surface area contributed by atoms with E-state index in [1.165, 1.54) is 19.9 Å². The second-order valence-corrected chi connectivity index (χ2v) is 4.38. The maximum atomic E-state index is 13.7. The van der Waals surface area contributed by atoms with Crippen LogP contribution in [0.15, 0.2) is 12.1 Å². The zero-order valence-electron chi connectivity index (χ0n) is 10.1. The molecule has 0 bridgehead atoms. The number of nitrogens with one attached hydrogen (secondary N) is 1. The number of halogens is 2. The number of carbonyl (C=O) groups is 1. The number of rotatable bonds is 4. The standard InChI is InChI=1S/C12H15F2NO3/c1-7-3-4-8(13)9(10(7)14)11(18)15-12(2,5-16)6-17/h3-4,16-17H,5-6H2,1-2H3,(H,15,18). The largest absolute Gasteiger partial charge is 0.394 e. The summed E-state index contributed by atoms with van der Waals surface area (Å²) in [5, 5.41) is 20.2. The van der Waals surface area contributed by atoms with Gasteiger partial charge in [-0.05, 0) is 25.5 Å². The lowest BCUT2D eigenvalue weighted by molar-refractivity contribution is 0.0716. The van der Waals surface area contributed by atoms with Gasteiger partial charge in [-0.2, -0.15) is 0 Å². The van der Waals surface area contributed by atoms with Gasteiger partial charge < -0.3 is 15.5 Å². The maximum absolute atomic E-state index is 13.7. The molecule has 0 spiro atoms. The van der Waals surface area contributed by atoms with Gasteiger partial charge in [-0.1, -0.05) is 6.07 Å². The van der Waals surface area contributed by atoms with E-state index in [2.05, 4.69) is 5.32 Å². The van der Waals surface area contributed by atoms with Gasteiger partial charge in [-0.15, -0.1) is 0 Å². The van der Waals surface area contributed by atoms with Crippen molar-refractivity contribution in [2.75, 3.05) is 13.2 Å². The normalized spacial score (nSPS) is 11.4. The van der Waals surface area contributed by atoms with Crippen LogP contribution in [0.1, 0.15) is 22.8 Å². The number of amides is 1. The summed E-state index contributed by atoms with van der Waals surface area (Å²) < 4.78 is 27.1. The Balaban J connectivity index is 3.09. The molecule has 1 amide bonds. The molecule has 6 heteroatoms.